The van der Waals surface area contributed by atoms with Crippen LogP contribution in [0.4, 0.5) is 0 Å². The van der Waals surface area contributed by atoms with Gasteiger partial charge in [0, 0.05) is 43.5 Å². The van der Waals surface area contributed by atoms with Crippen LogP contribution in [-0.2, 0) is 9.53 Å². The number of piperidine rings is 1. The van der Waals surface area contributed by atoms with Crippen molar-refractivity contribution < 1.29 is 18.7 Å². The number of hydrogen-bond donors (Lipinski definition) is 2. The van der Waals surface area contributed by atoms with E-state index in [0.717, 1.165) is 31.3 Å². The van der Waals surface area contributed by atoms with E-state index in [1.807, 2.05) is 29.2 Å². The highest BCUT2D eigenvalue weighted by atomic mass is 16.5. The lowest BCUT2D eigenvalue weighted by Gasteiger charge is -2.34. The van der Waals surface area contributed by atoms with Gasteiger partial charge in [0.05, 0.1) is 13.2 Å². The summed E-state index contributed by atoms with van der Waals surface area (Å²) in [5, 5.41) is 7.24. The third kappa shape index (κ3) is 4.31. The standard InChI is InChI=1S/C20H25N3O4/c24-19(11-16-13-26-9-7-21-16)23-8-3-5-15(12-23)22-20(25)18-10-14-4-1-2-6-17(14)27-18/h1-2,4,6,10,15-16,21H,3,5,7-9,11-13H2,(H,22,25). The quantitative estimate of drug-likeness (QED) is 0.852. The average molecular weight is 371 g/mol. The number of morpholine rings is 1. The first kappa shape index (κ1) is 18.0. The molecule has 2 unspecified atom stereocenters. The van der Waals surface area contributed by atoms with E-state index in [4.69, 9.17) is 9.15 Å². The molecule has 27 heavy (non-hydrogen) atoms. The number of fused-ring (bicyclic) bond motifs is 1. The first-order chi connectivity index (χ1) is 13.2. The van der Waals surface area contributed by atoms with Crippen LogP contribution >= 0.6 is 0 Å². The van der Waals surface area contributed by atoms with E-state index >= 15 is 0 Å². The Morgan fingerprint density at radius 2 is 2.19 bits per heavy atom. The molecule has 0 aliphatic carbocycles. The number of carbonyl (C=O) groups is 2. The molecule has 1 aromatic carbocycles. The molecule has 0 saturated carbocycles. The van der Waals surface area contributed by atoms with Crippen LogP contribution in [0.25, 0.3) is 11.0 Å². The van der Waals surface area contributed by atoms with Gasteiger partial charge in [-0.2, -0.15) is 0 Å². The zero-order valence-electron chi connectivity index (χ0n) is 15.3. The van der Waals surface area contributed by atoms with Crippen LogP contribution in [0.1, 0.15) is 29.8 Å². The van der Waals surface area contributed by atoms with Gasteiger partial charge in [-0.05, 0) is 25.0 Å². The lowest BCUT2D eigenvalue weighted by molar-refractivity contribution is -0.133. The van der Waals surface area contributed by atoms with Gasteiger partial charge in [-0.25, -0.2) is 0 Å². The second-order valence-electron chi connectivity index (χ2n) is 7.23. The molecule has 2 N–H and O–H groups in total. The molecule has 0 radical (unpaired) electrons. The van der Waals surface area contributed by atoms with E-state index in [2.05, 4.69) is 10.6 Å². The summed E-state index contributed by atoms with van der Waals surface area (Å²) in [6.07, 6.45) is 2.18. The Bertz CT molecular complexity index is 779. The van der Waals surface area contributed by atoms with Crippen molar-refractivity contribution in [3.8, 4) is 0 Å². The molecule has 2 fully saturated rings. The summed E-state index contributed by atoms with van der Waals surface area (Å²) >= 11 is 0. The summed E-state index contributed by atoms with van der Waals surface area (Å²) in [5.41, 5.74) is 0.699. The van der Waals surface area contributed by atoms with Crippen molar-refractivity contribution in [3.63, 3.8) is 0 Å². The van der Waals surface area contributed by atoms with Crippen molar-refractivity contribution in [2.24, 2.45) is 0 Å². The fourth-order valence-corrected chi connectivity index (χ4v) is 3.76. The SMILES string of the molecule is O=C(NC1CCCN(C(=O)CC2COCCN2)C1)c1cc2ccccc2o1. The normalized spacial score (nSPS) is 23.3. The molecule has 144 valence electrons. The highest BCUT2D eigenvalue weighted by Gasteiger charge is 2.27. The summed E-state index contributed by atoms with van der Waals surface area (Å²) in [7, 11) is 0. The summed E-state index contributed by atoms with van der Waals surface area (Å²) in [6.45, 7) is 3.34. The number of furan rings is 1. The minimum Gasteiger partial charge on any atom is -0.451 e. The Balaban J connectivity index is 1.33. The monoisotopic (exact) mass is 371 g/mol. The van der Waals surface area contributed by atoms with Crippen molar-refractivity contribution in [3.05, 3.63) is 36.1 Å². The van der Waals surface area contributed by atoms with Crippen LogP contribution in [0, 0.1) is 0 Å². The van der Waals surface area contributed by atoms with E-state index in [-0.39, 0.29) is 23.9 Å². The second kappa shape index (κ2) is 8.10. The van der Waals surface area contributed by atoms with E-state index < -0.39 is 0 Å². The molecule has 0 bridgehead atoms. The highest BCUT2D eigenvalue weighted by Crippen LogP contribution is 2.19. The number of carbonyl (C=O) groups excluding carboxylic acids is 2. The number of nitrogens with one attached hydrogen (secondary N) is 2. The van der Waals surface area contributed by atoms with Gasteiger partial charge in [-0.1, -0.05) is 18.2 Å². The van der Waals surface area contributed by atoms with Crippen LogP contribution in [0.15, 0.2) is 34.7 Å². The molecule has 2 aliphatic heterocycles. The predicted octanol–water partition coefficient (Wildman–Crippen LogP) is 1.53. The Labute approximate surface area is 158 Å². The number of benzene rings is 1. The molecular formula is C20H25N3O4. The van der Waals surface area contributed by atoms with E-state index in [1.165, 1.54) is 0 Å². The largest absolute Gasteiger partial charge is 0.451 e. The summed E-state index contributed by atoms with van der Waals surface area (Å²) in [5.74, 6) is 0.191. The first-order valence-corrected chi connectivity index (χ1v) is 9.57. The van der Waals surface area contributed by atoms with Gasteiger partial charge >= 0.3 is 0 Å². The molecule has 7 nitrogen and oxygen atoms in total. The van der Waals surface area contributed by atoms with Crippen molar-refractivity contribution in [2.75, 3.05) is 32.8 Å². The average Bonchev–Trinajstić information content (AvgIpc) is 3.13. The maximum absolute atomic E-state index is 12.6. The number of para-hydroxylation sites is 1. The van der Waals surface area contributed by atoms with Gasteiger partial charge in [-0.15, -0.1) is 0 Å². The minimum absolute atomic E-state index is 0.0565. The van der Waals surface area contributed by atoms with Crippen molar-refractivity contribution >= 4 is 22.8 Å². The maximum Gasteiger partial charge on any atom is 0.287 e. The van der Waals surface area contributed by atoms with Crippen LogP contribution in [-0.4, -0.2) is 61.6 Å². The number of likely N-dealkylation sites (tertiary alicyclic amines) is 1. The van der Waals surface area contributed by atoms with Gasteiger partial charge in [0.15, 0.2) is 5.76 Å². The fraction of sp³-hybridized carbons (Fsp3) is 0.500. The zero-order valence-corrected chi connectivity index (χ0v) is 15.3. The predicted molar refractivity (Wildman–Crippen MR) is 101 cm³/mol. The van der Waals surface area contributed by atoms with E-state index in [9.17, 15) is 9.59 Å². The highest BCUT2D eigenvalue weighted by molar-refractivity contribution is 5.96. The van der Waals surface area contributed by atoms with Crippen molar-refractivity contribution in [1.82, 2.24) is 15.5 Å². The van der Waals surface area contributed by atoms with Gasteiger partial charge in [0.1, 0.15) is 5.58 Å². The van der Waals surface area contributed by atoms with Crippen LogP contribution in [0.2, 0.25) is 0 Å². The maximum atomic E-state index is 12.6. The molecule has 2 aromatic rings. The summed E-state index contributed by atoms with van der Waals surface area (Å²) < 4.78 is 11.0. The van der Waals surface area contributed by atoms with Crippen molar-refractivity contribution in [1.29, 1.82) is 0 Å². The number of ether oxygens (including phenoxy) is 1. The Kier molecular flexibility index (Phi) is 5.40. The molecule has 4 rings (SSSR count). The third-order valence-electron chi connectivity index (χ3n) is 5.18. The molecule has 1 aromatic heterocycles. The third-order valence-corrected chi connectivity index (χ3v) is 5.18. The Hall–Kier alpha value is -2.38. The fourth-order valence-electron chi connectivity index (χ4n) is 3.76. The lowest BCUT2D eigenvalue weighted by atomic mass is 10.0. The molecule has 0 spiro atoms. The zero-order chi connectivity index (χ0) is 18.6. The van der Waals surface area contributed by atoms with Crippen LogP contribution < -0.4 is 10.6 Å². The van der Waals surface area contributed by atoms with Crippen molar-refractivity contribution in [2.45, 2.75) is 31.3 Å². The minimum atomic E-state index is -0.229. The molecule has 2 aliphatic rings. The Morgan fingerprint density at radius 1 is 1.30 bits per heavy atom. The summed E-state index contributed by atoms with van der Waals surface area (Å²) in [6, 6.07) is 9.33. The smallest absolute Gasteiger partial charge is 0.287 e. The van der Waals surface area contributed by atoms with Gasteiger partial charge in [-0.3, -0.25) is 9.59 Å². The second-order valence-corrected chi connectivity index (χ2v) is 7.23. The number of hydrogen-bond acceptors (Lipinski definition) is 5. The number of rotatable bonds is 4. The molecule has 2 saturated heterocycles. The lowest BCUT2D eigenvalue weighted by Crippen LogP contribution is -2.51. The number of nitrogens with zero attached hydrogens (tertiary/aromatic N) is 1. The molecule has 3 heterocycles. The van der Waals surface area contributed by atoms with E-state index in [1.54, 1.807) is 6.07 Å². The first-order valence-electron chi connectivity index (χ1n) is 9.57. The van der Waals surface area contributed by atoms with Gasteiger partial charge < -0.3 is 24.7 Å². The Morgan fingerprint density at radius 3 is 3.00 bits per heavy atom. The number of amides is 2. The summed E-state index contributed by atoms with van der Waals surface area (Å²) in [4.78, 5) is 27.0. The van der Waals surface area contributed by atoms with Gasteiger partial charge in [0.25, 0.3) is 5.91 Å². The van der Waals surface area contributed by atoms with Crippen LogP contribution in [0.5, 0.6) is 0 Å². The molecule has 2 atom stereocenters. The van der Waals surface area contributed by atoms with Gasteiger partial charge in [0.2, 0.25) is 5.91 Å². The van der Waals surface area contributed by atoms with E-state index in [0.29, 0.717) is 37.5 Å². The molecular weight excluding hydrogens is 346 g/mol. The molecule has 2 amide bonds. The van der Waals surface area contributed by atoms with Crippen LogP contribution in [0.3, 0.4) is 0 Å². The molecule has 7 heteroatoms. The topological polar surface area (TPSA) is 83.8 Å².